The first-order valence-corrected chi connectivity index (χ1v) is 2.72. The van der Waals surface area contributed by atoms with E-state index in [0.717, 1.165) is 5.71 Å². The summed E-state index contributed by atoms with van der Waals surface area (Å²) >= 11 is 0. The van der Waals surface area contributed by atoms with E-state index in [1.807, 2.05) is 6.92 Å². The van der Waals surface area contributed by atoms with Crippen LogP contribution in [0.2, 0.25) is 0 Å². The Morgan fingerprint density at radius 1 is 1.33 bits per heavy atom. The van der Waals surface area contributed by atoms with Gasteiger partial charge in [0.15, 0.2) is 0 Å². The van der Waals surface area contributed by atoms with E-state index < -0.39 is 0 Å². The summed E-state index contributed by atoms with van der Waals surface area (Å²) in [7, 11) is 3.49. The molecule has 0 aliphatic carbocycles. The van der Waals surface area contributed by atoms with Crippen molar-refractivity contribution in [1.82, 2.24) is 10.9 Å². The Morgan fingerprint density at radius 2 is 2.00 bits per heavy atom. The first-order valence-electron chi connectivity index (χ1n) is 2.72. The highest BCUT2D eigenvalue weighted by Crippen LogP contribution is 1.66. The average Bonchev–Trinajstić information content (AvgIpc) is 1.85. The van der Waals surface area contributed by atoms with Crippen LogP contribution in [0, 0.1) is 0 Å². The molecule has 0 atom stereocenters. The summed E-state index contributed by atoms with van der Waals surface area (Å²) in [6.07, 6.45) is 1.64. The van der Waals surface area contributed by atoms with E-state index in [1.54, 1.807) is 20.3 Å². The lowest BCUT2D eigenvalue weighted by Gasteiger charge is -1.89. The van der Waals surface area contributed by atoms with Gasteiger partial charge in [0, 0.05) is 14.1 Å². The van der Waals surface area contributed by atoms with Crippen LogP contribution in [0.25, 0.3) is 0 Å². The molecule has 0 fully saturated rings. The predicted molar refractivity (Wildman–Crippen MR) is 39.7 cm³/mol. The summed E-state index contributed by atoms with van der Waals surface area (Å²) in [6.45, 7) is 1.86. The highest BCUT2D eigenvalue weighted by molar-refractivity contribution is 6.29. The SMILES string of the molecule is CNN=CC(C)=NNC. The molecule has 0 heterocycles. The second-order valence-electron chi connectivity index (χ2n) is 1.46. The van der Waals surface area contributed by atoms with Crippen LogP contribution in [0.3, 0.4) is 0 Å². The summed E-state index contributed by atoms with van der Waals surface area (Å²) in [5.41, 5.74) is 6.10. The summed E-state index contributed by atoms with van der Waals surface area (Å²) < 4.78 is 0. The Bertz CT molecular complexity index is 116. The summed E-state index contributed by atoms with van der Waals surface area (Å²) in [6, 6.07) is 0. The summed E-state index contributed by atoms with van der Waals surface area (Å²) in [5.74, 6) is 0. The van der Waals surface area contributed by atoms with Gasteiger partial charge in [-0.25, -0.2) is 0 Å². The first-order chi connectivity index (χ1) is 4.31. The number of hydrogen-bond donors (Lipinski definition) is 2. The topological polar surface area (TPSA) is 48.8 Å². The molecule has 0 saturated heterocycles. The van der Waals surface area contributed by atoms with Crippen LogP contribution in [-0.2, 0) is 0 Å². The van der Waals surface area contributed by atoms with Gasteiger partial charge in [0.2, 0.25) is 0 Å². The van der Waals surface area contributed by atoms with Crippen LogP contribution in [0.1, 0.15) is 6.92 Å². The fraction of sp³-hybridized carbons (Fsp3) is 0.600. The van der Waals surface area contributed by atoms with E-state index in [-0.39, 0.29) is 0 Å². The molecule has 0 bridgehead atoms. The molecule has 9 heavy (non-hydrogen) atoms. The molecule has 0 radical (unpaired) electrons. The van der Waals surface area contributed by atoms with Crippen LogP contribution in [0.4, 0.5) is 0 Å². The van der Waals surface area contributed by atoms with Crippen LogP contribution < -0.4 is 10.9 Å². The molecule has 0 aromatic carbocycles. The van der Waals surface area contributed by atoms with E-state index in [0.29, 0.717) is 0 Å². The molecule has 2 N–H and O–H groups in total. The molecule has 4 nitrogen and oxygen atoms in total. The molecule has 0 aromatic rings. The lowest BCUT2D eigenvalue weighted by atomic mass is 10.5. The summed E-state index contributed by atoms with van der Waals surface area (Å²) in [4.78, 5) is 0. The Kier molecular flexibility index (Phi) is 4.49. The number of hydrogen-bond acceptors (Lipinski definition) is 4. The lowest BCUT2D eigenvalue weighted by Crippen LogP contribution is -2.05. The second kappa shape index (κ2) is 5.08. The highest BCUT2D eigenvalue weighted by Gasteiger charge is 1.78. The highest BCUT2D eigenvalue weighted by atomic mass is 15.3. The zero-order valence-electron chi connectivity index (χ0n) is 5.97. The maximum Gasteiger partial charge on any atom is 0.0772 e. The number of nitrogens with zero attached hydrogens (tertiary/aromatic N) is 2. The normalized spacial score (nSPS) is 12.1. The van der Waals surface area contributed by atoms with Gasteiger partial charge >= 0.3 is 0 Å². The standard InChI is InChI=1S/C5H12N4/c1-5(9-7-3)4-8-6-2/h4,6-7H,1-3H3. The molecule has 0 aromatic heterocycles. The van der Waals surface area contributed by atoms with Gasteiger partial charge in [0.25, 0.3) is 0 Å². The molecule has 0 aliphatic rings. The van der Waals surface area contributed by atoms with Crippen LogP contribution in [0.5, 0.6) is 0 Å². The van der Waals surface area contributed by atoms with Crippen molar-refractivity contribution in [3.8, 4) is 0 Å². The molecule has 0 aliphatic heterocycles. The quantitative estimate of drug-likeness (QED) is 0.408. The largest absolute Gasteiger partial charge is 0.313 e. The Hall–Kier alpha value is -1.06. The van der Waals surface area contributed by atoms with Gasteiger partial charge in [-0.2, -0.15) is 10.2 Å². The van der Waals surface area contributed by atoms with Gasteiger partial charge in [0.05, 0.1) is 11.9 Å². The van der Waals surface area contributed by atoms with Crippen molar-refractivity contribution in [3.63, 3.8) is 0 Å². The predicted octanol–water partition coefficient (Wildman–Crippen LogP) is -0.213. The number of hydrazone groups is 2. The summed E-state index contributed by atoms with van der Waals surface area (Å²) in [5, 5.41) is 7.58. The smallest absolute Gasteiger partial charge is 0.0772 e. The van der Waals surface area contributed by atoms with Crippen molar-refractivity contribution in [3.05, 3.63) is 0 Å². The minimum atomic E-state index is 0.840. The van der Waals surface area contributed by atoms with Crippen molar-refractivity contribution in [2.24, 2.45) is 10.2 Å². The molecule has 4 heteroatoms. The van der Waals surface area contributed by atoms with Gasteiger partial charge < -0.3 is 10.9 Å². The Balaban J connectivity index is 3.60. The number of rotatable bonds is 3. The van der Waals surface area contributed by atoms with Crippen LogP contribution in [0.15, 0.2) is 10.2 Å². The molecular formula is C5H12N4. The molecule has 0 amide bonds. The lowest BCUT2D eigenvalue weighted by molar-refractivity contribution is 0.895. The second-order valence-corrected chi connectivity index (χ2v) is 1.46. The van der Waals surface area contributed by atoms with Gasteiger partial charge in [-0.05, 0) is 6.92 Å². The van der Waals surface area contributed by atoms with Crippen molar-refractivity contribution in [2.75, 3.05) is 14.1 Å². The minimum absolute atomic E-state index is 0.840. The molecule has 52 valence electrons. The third kappa shape index (κ3) is 4.80. The van der Waals surface area contributed by atoms with E-state index in [1.165, 1.54) is 0 Å². The van der Waals surface area contributed by atoms with Gasteiger partial charge in [0.1, 0.15) is 0 Å². The van der Waals surface area contributed by atoms with Gasteiger partial charge in [-0.15, -0.1) is 0 Å². The average molecular weight is 128 g/mol. The van der Waals surface area contributed by atoms with Crippen molar-refractivity contribution >= 4 is 11.9 Å². The monoisotopic (exact) mass is 128 g/mol. The molecule has 0 saturated carbocycles. The molecule has 0 unspecified atom stereocenters. The minimum Gasteiger partial charge on any atom is -0.313 e. The van der Waals surface area contributed by atoms with E-state index in [9.17, 15) is 0 Å². The van der Waals surface area contributed by atoms with E-state index >= 15 is 0 Å². The molecule has 0 rings (SSSR count). The maximum absolute atomic E-state index is 3.84. The third-order valence-electron chi connectivity index (χ3n) is 0.669. The van der Waals surface area contributed by atoms with Crippen molar-refractivity contribution in [1.29, 1.82) is 0 Å². The fourth-order valence-corrected chi connectivity index (χ4v) is 0.363. The molecular weight excluding hydrogens is 116 g/mol. The Labute approximate surface area is 55.0 Å². The Morgan fingerprint density at radius 3 is 2.44 bits per heavy atom. The maximum atomic E-state index is 3.84. The van der Waals surface area contributed by atoms with E-state index in [4.69, 9.17) is 0 Å². The zero-order valence-corrected chi connectivity index (χ0v) is 5.97. The first kappa shape index (κ1) is 7.94. The van der Waals surface area contributed by atoms with Gasteiger partial charge in [-0.3, -0.25) is 0 Å². The van der Waals surface area contributed by atoms with Crippen molar-refractivity contribution in [2.45, 2.75) is 6.92 Å². The van der Waals surface area contributed by atoms with E-state index in [2.05, 4.69) is 21.1 Å². The third-order valence-corrected chi connectivity index (χ3v) is 0.669. The van der Waals surface area contributed by atoms with Crippen molar-refractivity contribution < 1.29 is 0 Å². The van der Waals surface area contributed by atoms with Gasteiger partial charge in [-0.1, -0.05) is 0 Å². The van der Waals surface area contributed by atoms with Crippen LogP contribution in [-0.4, -0.2) is 26.0 Å². The zero-order chi connectivity index (χ0) is 7.11. The number of nitrogens with one attached hydrogen (secondary N) is 2. The van der Waals surface area contributed by atoms with Crippen LogP contribution >= 0.6 is 0 Å². The fourth-order valence-electron chi connectivity index (χ4n) is 0.363. The molecule has 0 spiro atoms.